The Morgan fingerprint density at radius 3 is 2.64 bits per heavy atom. The van der Waals surface area contributed by atoms with Crippen LogP contribution in [-0.4, -0.2) is 38.0 Å². The van der Waals surface area contributed by atoms with Crippen molar-refractivity contribution in [1.82, 2.24) is 25.3 Å². The van der Waals surface area contributed by atoms with Gasteiger partial charge in [0.05, 0.1) is 12.9 Å². The van der Waals surface area contributed by atoms with Gasteiger partial charge in [-0.3, -0.25) is 4.79 Å². The van der Waals surface area contributed by atoms with Crippen LogP contribution in [0.15, 0.2) is 30.9 Å². The highest BCUT2D eigenvalue weighted by atomic mass is 19.1. The third kappa shape index (κ3) is 3.87. The number of rotatable bonds is 5. The maximum Gasteiger partial charge on any atom is 0.272 e. The van der Waals surface area contributed by atoms with Gasteiger partial charge < -0.3 is 15.0 Å². The minimum Gasteiger partial charge on any atom is -0.486 e. The van der Waals surface area contributed by atoms with E-state index in [1.165, 1.54) is 12.7 Å². The van der Waals surface area contributed by atoms with E-state index in [1.807, 2.05) is 0 Å². The van der Waals surface area contributed by atoms with Crippen LogP contribution in [0.2, 0.25) is 0 Å². The maximum atomic E-state index is 13.2. The lowest BCUT2D eigenvalue weighted by molar-refractivity contribution is 0.0819. The first-order valence-corrected chi connectivity index (χ1v) is 7.41. The number of aromatic amines is 1. The molecule has 130 valence electrons. The summed E-state index contributed by atoms with van der Waals surface area (Å²) < 4.78 is 32.1. The minimum atomic E-state index is -0.907. The Morgan fingerprint density at radius 1 is 1.20 bits per heavy atom. The van der Waals surface area contributed by atoms with Gasteiger partial charge in [-0.25, -0.2) is 23.7 Å². The fourth-order valence-electron chi connectivity index (χ4n) is 2.26. The fraction of sp³-hybridized carbons (Fsp3) is 0.250. The van der Waals surface area contributed by atoms with Crippen molar-refractivity contribution in [2.24, 2.45) is 0 Å². The summed E-state index contributed by atoms with van der Waals surface area (Å²) in [4.78, 5) is 27.0. The average molecular weight is 347 g/mol. The molecule has 0 aliphatic heterocycles. The van der Waals surface area contributed by atoms with Gasteiger partial charge in [-0.2, -0.15) is 0 Å². The van der Waals surface area contributed by atoms with Crippen LogP contribution in [0.1, 0.15) is 24.3 Å². The van der Waals surface area contributed by atoms with E-state index in [1.54, 1.807) is 13.8 Å². The number of fused-ring (bicyclic) bond motifs is 1. The highest BCUT2D eigenvalue weighted by Gasteiger charge is 2.23. The summed E-state index contributed by atoms with van der Waals surface area (Å²) in [6, 6.07) is 2.91. The van der Waals surface area contributed by atoms with E-state index >= 15 is 0 Å². The summed E-state index contributed by atoms with van der Waals surface area (Å²) in [5.74, 6) is -1.89. The summed E-state index contributed by atoms with van der Waals surface area (Å²) in [5.41, 5.74) is 0.0441. The number of amides is 1. The topological polar surface area (TPSA) is 92.8 Å². The lowest BCUT2D eigenvalue weighted by Crippen LogP contribution is -2.43. The van der Waals surface area contributed by atoms with Crippen molar-refractivity contribution in [1.29, 1.82) is 0 Å². The van der Waals surface area contributed by atoms with Crippen LogP contribution in [-0.2, 0) is 0 Å². The molecule has 3 aromatic rings. The second-order valence-electron chi connectivity index (χ2n) is 5.97. The standard InChI is InChI=1S/C16H15F2N5O2/c1-16(2,25-11-4-9(17)3-10(18)5-11)6-19-15(24)13-12-14(22-7-20-12)23-8-21-13/h3-5,7-8H,6H2,1-2H3,(H,19,24)(H,20,21,22,23). The molecule has 0 aliphatic rings. The van der Waals surface area contributed by atoms with Crippen LogP contribution < -0.4 is 10.1 Å². The van der Waals surface area contributed by atoms with E-state index in [0.717, 1.165) is 18.2 Å². The lowest BCUT2D eigenvalue weighted by Gasteiger charge is -2.26. The van der Waals surface area contributed by atoms with Gasteiger partial charge in [0, 0.05) is 18.2 Å². The van der Waals surface area contributed by atoms with Crippen LogP contribution in [0.4, 0.5) is 8.78 Å². The average Bonchev–Trinajstić information content (AvgIpc) is 2.99. The molecule has 0 radical (unpaired) electrons. The molecule has 0 bridgehead atoms. The number of aromatic nitrogens is 4. The highest BCUT2D eigenvalue weighted by Crippen LogP contribution is 2.21. The number of ether oxygens (including phenoxy) is 1. The molecule has 2 heterocycles. The molecule has 1 aromatic carbocycles. The van der Waals surface area contributed by atoms with Gasteiger partial charge in [0.25, 0.3) is 5.91 Å². The Labute approximate surface area is 141 Å². The molecule has 2 aromatic heterocycles. The van der Waals surface area contributed by atoms with Gasteiger partial charge in [-0.1, -0.05) is 0 Å². The Morgan fingerprint density at radius 2 is 1.92 bits per heavy atom. The van der Waals surface area contributed by atoms with Gasteiger partial charge in [0.15, 0.2) is 11.3 Å². The molecule has 1 amide bonds. The molecule has 0 unspecified atom stereocenters. The van der Waals surface area contributed by atoms with Gasteiger partial charge in [0.2, 0.25) is 0 Å². The normalized spacial score (nSPS) is 11.5. The number of halogens is 2. The molecule has 0 saturated carbocycles. The zero-order chi connectivity index (χ0) is 18.0. The van der Waals surface area contributed by atoms with Crippen molar-refractivity contribution < 1.29 is 18.3 Å². The van der Waals surface area contributed by atoms with Crippen LogP contribution in [0, 0.1) is 11.6 Å². The molecule has 7 nitrogen and oxygen atoms in total. The Bertz CT molecular complexity index is 906. The zero-order valence-electron chi connectivity index (χ0n) is 13.5. The summed E-state index contributed by atoms with van der Waals surface area (Å²) in [5, 5.41) is 2.68. The Balaban J connectivity index is 1.69. The van der Waals surface area contributed by atoms with E-state index in [2.05, 4.69) is 25.3 Å². The first-order chi connectivity index (χ1) is 11.8. The molecule has 0 spiro atoms. The predicted octanol–water partition coefficient (Wildman–Crippen LogP) is 2.22. The van der Waals surface area contributed by atoms with Crippen molar-refractivity contribution in [3.63, 3.8) is 0 Å². The molecule has 3 rings (SSSR count). The molecule has 9 heteroatoms. The number of carbonyl (C=O) groups excluding carboxylic acids is 1. The molecular formula is C16H15F2N5O2. The van der Waals surface area contributed by atoms with Crippen LogP contribution in [0.5, 0.6) is 5.75 Å². The molecule has 0 fully saturated rings. The minimum absolute atomic E-state index is 0.0368. The number of benzene rings is 1. The smallest absolute Gasteiger partial charge is 0.272 e. The van der Waals surface area contributed by atoms with Crippen LogP contribution in [0.25, 0.3) is 11.2 Å². The van der Waals surface area contributed by atoms with Crippen LogP contribution >= 0.6 is 0 Å². The quantitative estimate of drug-likeness (QED) is 0.738. The molecular weight excluding hydrogens is 332 g/mol. The number of nitrogens with one attached hydrogen (secondary N) is 2. The monoisotopic (exact) mass is 347 g/mol. The number of H-pyrrole nitrogens is 1. The van der Waals surface area contributed by atoms with Crippen LogP contribution in [0.3, 0.4) is 0 Å². The second kappa shape index (κ2) is 6.42. The SMILES string of the molecule is CC(C)(CNC(=O)c1ncnc2nc[nH]c12)Oc1cc(F)cc(F)c1. The molecule has 25 heavy (non-hydrogen) atoms. The van der Waals surface area contributed by atoms with Crippen molar-refractivity contribution >= 4 is 17.1 Å². The highest BCUT2D eigenvalue weighted by molar-refractivity contribution is 6.01. The summed E-state index contributed by atoms with van der Waals surface area (Å²) in [7, 11) is 0. The van der Waals surface area contributed by atoms with Crippen molar-refractivity contribution in [2.45, 2.75) is 19.4 Å². The van der Waals surface area contributed by atoms with Gasteiger partial charge in [0.1, 0.15) is 34.8 Å². The van der Waals surface area contributed by atoms with Gasteiger partial charge in [-0.15, -0.1) is 0 Å². The van der Waals surface area contributed by atoms with E-state index in [-0.39, 0.29) is 18.0 Å². The van der Waals surface area contributed by atoms with E-state index in [9.17, 15) is 13.6 Å². The summed E-state index contributed by atoms with van der Waals surface area (Å²) >= 11 is 0. The Kier molecular flexibility index (Phi) is 4.30. The number of carbonyl (C=O) groups is 1. The van der Waals surface area contributed by atoms with E-state index in [4.69, 9.17) is 4.74 Å². The fourth-order valence-corrected chi connectivity index (χ4v) is 2.26. The zero-order valence-corrected chi connectivity index (χ0v) is 13.5. The largest absolute Gasteiger partial charge is 0.486 e. The number of imidazole rings is 1. The van der Waals surface area contributed by atoms with Gasteiger partial charge in [-0.05, 0) is 13.8 Å². The van der Waals surface area contributed by atoms with Gasteiger partial charge >= 0.3 is 0 Å². The number of nitrogens with zero attached hydrogens (tertiary/aromatic N) is 3. The first kappa shape index (κ1) is 16.7. The first-order valence-electron chi connectivity index (χ1n) is 7.41. The third-order valence-corrected chi connectivity index (χ3v) is 3.34. The van der Waals surface area contributed by atoms with E-state index < -0.39 is 23.1 Å². The number of hydrogen-bond donors (Lipinski definition) is 2. The molecule has 0 saturated heterocycles. The van der Waals surface area contributed by atoms with Crippen molar-refractivity contribution in [2.75, 3.05) is 6.54 Å². The predicted molar refractivity (Wildman–Crippen MR) is 85.1 cm³/mol. The van der Waals surface area contributed by atoms with Crippen molar-refractivity contribution in [3.8, 4) is 5.75 Å². The molecule has 0 atom stereocenters. The van der Waals surface area contributed by atoms with E-state index in [0.29, 0.717) is 11.2 Å². The Hall–Kier alpha value is -3.10. The van der Waals surface area contributed by atoms with Crippen molar-refractivity contribution in [3.05, 3.63) is 48.2 Å². The second-order valence-corrected chi connectivity index (χ2v) is 5.97. The summed E-state index contributed by atoms with van der Waals surface area (Å²) in [6.07, 6.45) is 2.66. The lowest BCUT2D eigenvalue weighted by atomic mass is 10.1. The molecule has 2 N–H and O–H groups in total. The summed E-state index contributed by atoms with van der Waals surface area (Å²) in [6.45, 7) is 3.45. The molecule has 0 aliphatic carbocycles. The number of hydrogen-bond acceptors (Lipinski definition) is 5. The third-order valence-electron chi connectivity index (χ3n) is 3.34. The maximum absolute atomic E-state index is 13.2.